The highest BCUT2D eigenvalue weighted by molar-refractivity contribution is 6.30. The van der Waals surface area contributed by atoms with Gasteiger partial charge in [0.05, 0.1) is 17.6 Å². The zero-order valence-corrected chi connectivity index (χ0v) is 11.5. The largest absolute Gasteiger partial charge is 0.357 e. The van der Waals surface area contributed by atoms with Crippen molar-refractivity contribution >= 4 is 17.5 Å². The first-order valence-corrected chi connectivity index (χ1v) is 6.46. The van der Waals surface area contributed by atoms with E-state index in [1.165, 1.54) is 0 Å². The molecule has 0 amide bonds. The lowest BCUT2D eigenvalue weighted by Crippen LogP contribution is -1.96. The molecular weight excluding hydrogens is 274 g/mol. The predicted octanol–water partition coefficient (Wildman–Crippen LogP) is 3.02. The average Bonchev–Trinajstić information content (AvgIpc) is 2.98. The number of benzene rings is 1. The molecular formula is C14H12ClN5. The second-order valence-corrected chi connectivity index (χ2v) is 4.60. The first kappa shape index (κ1) is 12.6. The Hall–Kier alpha value is -2.40. The van der Waals surface area contributed by atoms with Crippen LogP contribution in [0.5, 0.6) is 0 Å². The van der Waals surface area contributed by atoms with Crippen LogP contribution in [0.15, 0.2) is 48.9 Å². The zero-order chi connectivity index (χ0) is 13.9. The van der Waals surface area contributed by atoms with Gasteiger partial charge in [0, 0.05) is 30.0 Å². The number of hydrogen-bond acceptors (Lipinski definition) is 4. The minimum atomic E-state index is 0.585. The summed E-state index contributed by atoms with van der Waals surface area (Å²) in [4.78, 5) is 8.48. The van der Waals surface area contributed by atoms with Crippen LogP contribution in [0.2, 0.25) is 5.02 Å². The van der Waals surface area contributed by atoms with Crippen molar-refractivity contribution in [3.05, 3.63) is 53.9 Å². The van der Waals surface area contributed by atoms with Crippen LogP contribution >= 0.6 is 11.6 Å². The van der Waals surface area contributed by atoms with Crippen LogP contribution in [-0.4, -0.2) is 26.8 Å². The monoisotopic (exact) mass is 285 g/mol. The quantitative estimate of drug-likeness (QED) is 0.804. The van der Waals surface area contributed by atoms with Gasteiger partial charge in [-0.3, -0.25) is 0 Å². The van der Waals surface area contributed by atoms with Gasteiger partial charge in [-0.15, -0.1) is 0 Å². The second kappa shape index (κ2) is 5.30. The molecule has 0 spiro atoms. The standard InChI is InChI=1S/C14H12ClN5/c1-16-14-17-7-6-13(19-14)10-8-18-20(9-10)12-4-2-11(15)3-5-12/h2-9H,1H3,(H,16,17,19). The van der Waals surface area contributed by atoms with Gasteiger partial charge < -0.3 is 5.32 Å². The maximum absolute atomic E-state index is 5.88. The molecule has 0 atom stereocenters. The molecule has 0 aliphatic rings. The number of halogens is 1. The predicted molar refractivity (Wildman–Crippen MR) is 79.1 cm³/mol. The Morgan fingerprint density at radius 1 is 1.15 bits per heavy atom. The van der Waals surface area contributed by atoms with Crippen molar-refractivity contribution in [1.29, 1.82) is 0 Å². The van der Waals surface area contributed by atoms with Crippen molar-refractivity contribution in [2.75, 3.05) is 12.4 Å². The van der Waals surface area contributed by atoms with E-state index in [2.05, 4.69) is 20.4 Å². The first-order chi connectivity index (χ1) is 9.76. The molecule has 0 unspecified atom stereocenters. The van der Waals surface area contributed by atoms with Crippen LogP contribution < -0.4 is 5.32 Å². The number of anilines is 1. The summed E-state index contributed by atoms with van der Waals surface area (Å²) in [6.07, 6.45) is 5.41. The van der Waals surface area contributed by atoms with E-state index in [9.17, 15) is 0 Å². The van der Waals surface area contributed by atoms with Crippen molar-refractivity contribution in [3.63, 3.8) is 0 Å². The summed E-state index contributed by atoms with van der Waals surface area (Å²) in [7, 11) is 1.79. The number of hydrogen-bond donors (Lipinski definition) is 1. The molecule has 0 saturated heterocycles. The van der Waals surface area contributed by atoms with Gasteiger partial charge >= 0.3 is 0 Å². The summed E-state index contributed by atoms with van der Waals surface area (Å²) in [6, 6.07) is 9.35. The molecule has 5 nitrogen and oxygen atoms in total. The maximum atomic E-state index is 5.88. The van der Waals surface area contributed by atoms with Gasteiger partial charge in [0.15, 0.2) is 0 Å². The fourth-order valence-electron chi connectivity index (χ4n) is 1.83. The Balaban J connectivity index is 1.95. The van der Waals surface area contributed by atoms with Gasteiger partial charge in [-0.1, -0.05) is 11.6 Å². The third-order valence-electron chi connectivity index (χ3n) is 2.85. The number of nitrogens with zero attached hydrogens (tertiary/aromatic N) is 4. The summed E-state index contributed by atoms with van der Waals surface area (Å²) in [5.41, 5.74) is 2.70. The maximum Gasteiger partial charge on any atom is 0.222 e. The molecule has 0 fully saturated rings. The molecule has 2 aromatic heterocycles. The van der Waals surface area contributed by atoms with Crippen molar-refractivity contribution in [3.8, 4) is 16.9 Å². The highest BCUT2D eigenvalue weighted by Crippen LogP contribution is 2.19. The number of rotatable bonds is 3. The summed E-state index contributed by atoms with van der Waals surface area (Å²) >= 11 is 5.88. The van der Waals surface area contributed by atoms with Crippen molar-refractivity contribution in [2.24, 2.45) is 0 Å². The highest BCUT2D eigenvalue weighted by atomic mass is 35.5. The van der Waals surface area contributed by atoms with Crippen LogP contribution in [0.1, 0.15) is 0 Å². The lowest BCUT2D eigenvalue weighted by molar-refractivity contribution is 0.881. The van der Waals surface area contributed by atoms with E-state index in [1.54, 1.807) is 24.1 Å². The fraction of sp³-hybridized carbons (Fsp3) is 0.0714. The zero-order valence-electron chi connectivity index (χ0n) is 10.8. The average molecular weight is 286 g/mol. The van der Waals surface area contributed by atoms with E-state index in [1.807, 2.05) is 36.5 Å². The SMILES string of the molecule is CNc1nccc(-c2cnn(-c3ccc(Cl)cc3)c2)n1. The van der Waals surface area contributed by atoms with Crippen molar-refractivity contribution < 1.29 is 0 Å². The molecule has 0 radical (unpaired) electrons. The van der Waals surface area contributed by atoms with E-state index < -0.39 is 0 Å². The molecule has 3 aromatic rings. The summed E-state index contributed by atoms with van der Waals surface area (Å²) < 4.78 is 1.78. The Labute approximate surface area is 121 Å². The van der Waals surface area contributed by atoms with E-state index in [0.717, 1.165) is 16.9 Å². The van der Waals surface area contributed by atoms with E-state index >= 15 is 0 Å². The van der Waals surface area contributed by atoms with Crippen LogP contribution in [0, 0.1) is 0 Å². The minimum absolute atomic E-state index is 0.585. The van der Waals surface area contributed by atoms with E-state index in [0.29, 0.717) is 11.0 Å². The molecule has 100 valence electrons. The van der Waals surface area contributed by atoms with Crippen LogP contribution in [0.3, 0.4) is 0 Å². The molecule has 3 rings (SSSR count). The number of nitrogens with one attached hydrogen (secondary N) is 1. The molecule has 0 aliphatic carbocycles. The smallest absolute Gasteiger partial charge is 0.222 e. The van der Waals surface area contributed by atoms with Crippen LogP contribution in [0.4, 0.5) is 5.95 Å². The van der Waals surface area contributed by atoms with Gasteiger partial charge in [-0.2, -0.15) is 5.10 Å². The Bertz CT molecular complexity index is 720. The molecule has 0 bridgehead atoms. The first-order valence-electron chi connectivity index (χ1n) is 6.08. The lowest BCUT2D eigenvalue weighted by atomic mass is 10.2. The summed E-state index contributed by atoms with van der Waals surface area (Å²) in [5, 5.41) is 7.96. The van der Waals surface area contributed by atoms with Gasteiger partial charge in [-0.05, 0) is 30.3 Å². The summed E-state index contributed by atoms with van der Waals surface area (Å²) in [6.45, 7) is 0. The van der Waals surface area contributed by atoms with Crippen molar-refractivity contribution in [2.45, 2.75) is 0 Å². The minimum Gasteiger partial charge on any atom is -0.357 e. The van der Waals surface area contributed by atoms with E-state index in [-0.39, 0.29) is 0 Å². The van der Waals surface area contributed by atoms with Gasteiger partial charge in [-0.25, -0.2) is 14.6 Å². The number of aromatic nitrogens is 4. The van der Waals surface area contributed by atoms with Crippen LogP contribution in [-0.2, 0) is 0 Å². The molecule has 20 heavy (non-hydrogen) atoms. The Morgan fingerprint density at radius 2 is 1.95 bits per heavy atom. The molecule has 0 aliphatic heterocycles. The molecule has 1 aromatic carbocycles. The van der Waals surface area contributed by atoms with Gasteiger partial charge in [0.25, 0.3) is 0 Å². The topological polar surface area (TPSA) is 55.6 Å². The van der Waals surface area contributed by atoms with Crippen molar-refractivity contribution in [1.82, 2.24) is 19.7 Å². The fourth-order valence-corrected chi connectivity index (χ4v) is 1.96. The molecule has 1 N–H and O–H groups in total. The highest BCUT2D eigenvalue weighted by Gasteiger charge is 2.05. The molecule has 6 heteroatoms. The third-order valence-corrected chi connectivity index (χ3v) is 3.10. The van der Waals surface area contributed by atoms with Gasteiger partial charge in [0.2, 0.25) is 5.95 Å². The van der Waals surface area contributed by atoms with Gasteiger partial charge in [0.1, 0.15) is 0 Å². The Kier molecular flexibility index (Phi) is 3.35. The molecule has 0 saturated carbocycles. The second-order valence-electron chi connectivity index (χ2n) is 4.17. The Morgan fingerprint density at radius 3 is 2.70 bits per heavy atom. The van der Waals surface area contributed by atoms with E-state index in [4.69, 9.17) is 11.6 Å². The lowest BCUT2D eigenvalue weighted by Gasteiger charge is -2.01. The molecule has 2 heterocycles. The normalized spacial score (nSPS) is 10.5. The van der Waals surface area contributed by atoms with Crippen LogP contribution in [0.25, 0.3) is 16.9 Å². The third kappa shape index (κ3) is 2.48. The summed E-state index contributed by atoms with van der Waals surface area (Å²) in [5.74, 6) is 0.585.